The van der Waals surface area contributed by atoms with Gasteiger partial charge in [0.15, 0.2) is 0 Å². The highest BCUT2D eigenvalue weighted by Crippen LogP contribution is 2.24. The first kappa shape index (κ1) is 24.7. The van der Waals surface area contributed by atoms with E-state index in [1.807, 2.05) is 18.6 Å². The van der Waals surface area contributed by atoms with Gasteiger partial charge in [-0.05, 0) is 56.5 Å². The van der Waals surface area contributed by atoms with Crippen molar-refractivity contribution in [2.24, 2.45) is 11.8 Å². The summed E-state index contributed by atoms with van der Waals surface area (Å²) < 4.78 is 40.0. The standard InChI is InChI=1S/C21H26FN3O4S2/c1-14(2)13-18(20(26)24-31(28,29)12-9-19-23-10-11-30-19)21(27)25(15(3)4)17-7-5-16(22)6-8-17/h5-12,14-15,18H,13H2,1-4H3,(H,24,26)/b12-9+. The normalized spacial score (nSPS) is 13.0. The molecule has 0 saturated carbocycles. The predicted molar refractivity (Wildman–Crippen MR) is 120 cm³/mol. The Morgan fingerprint density at radius 2 is 1.84 bits per heavy atom. The number of halogens is 1. The second-order valence-corrected chi connectivity index (χ2v) is 10.1. The highest BCUT2D eigenvalue weighted by atomic mass is 32.2. The van der Waals surface area contributed by atoms with Crippen molar-refractivity contribution in [1.82, 2.24) is 9.71 Å². The Bertz CT molecular complexity index is 1020. The molecule has 1 aromatic heterocycles. The van der Waals surface area contributed by atoms with Gasteiger partial charge in [-0.2, -0.15) is 0 Å². The number of anilines is 1. The first-order valence-corrected chi connectivity index (χ1v) is 12.2. The van der Waals surface area contributed by atoms with E-state index in [0.29, 0.717) is 10.7 Å². The fourth-order valence-corrected chi connectivity index (χ4v) is 4.37. The summed E-state index contributed by atoms with van der Waals surface area (Å²) in [5.41, 5.74) is 0.425. The fourth-order valence-electron chi connectivity index (χ4n) is 2.95. The maximum atomic E-state index is 13.3. The third kappa shape index (κ3) is 7.25. The van der Waals surface area contributed by atoms with Crippen LogP contribution in [0, 0.1) is 17.7 Å². The zero-order valence-corrected chi connectivity index (χ0v) is 19.4. The Kier molecular flexibility index (Phi) is 8.46. The quantitative estimate of drug-likeness (QED) is 0.566. The summed E-state index contributed by atoms with van der Waals surface area (Å²) in [7, 11) is -4.12. The first-order valence-electron chi connectivity index (χ1n) is 9.73. The van der Waals surface area contributed by atoms with Crippen LogP contribution in [0.2, 0.25) is 0 Å². The lowest BCUT2D eigenvalue weighted by Crippen LogP contribution is -2.48. The molecule has 0 aliphatic rings. The van der Waals surface area contributed by atoms with Crippen LogP contribution in [0.15, 0.2) is 41.3 Å². The second-order valence-electron chi connectivity index (χ2n) is 7.64. The van der Waals surface area contributed by atoms with Gasteiger partial charge in [0, 0.05) is 23.3 Å². The Hall–Kier alpha value is -2.59. The maximum Gasteiger partial charge on any atom is 0.257 e. The van der Waals surface area contributed by atoms with E-state index in [1.165, 1.54) is 52.8 Å². The van der Waals surface area contributed by atoms with Crippen molar-refractivity contribution in [3.63, 3.8) is 0 Å². The van der Waals surface area contributed by atoms with Gasteiger partial charge < -0.3 is 4.90 Å². The van der Waals surface area contributed by atoms with Crippen LogP contribution in [-0.4, -0.2) is 31.3 Å². The van der Waals surface area contributed by atoms with Crippen molar-refractivity contribution in [1.29, 1.82) is 0 Å². The van der Waals surface area contributed by atoms with Crippen molar-refractivity contribution in [2.75, 3.05) is 4.90 Å². The number of aromatic nitrogens is 1. The highest BCUT2D eigenvalue weighted by molar-refractivity contribution is 7.93. The second kappa shape index (κ2) is 10.6. The smallest absolute Gasteiger partial charge is 0.257 e. The topological polar surface area (TPSA) is 96.4 Å². The molecule has 1 aromatic carbocycles. The lowest BCUT2D eigenvalue weighted by molar-refractivity contribution is -0.133. The average Bonchev–Trinajstić information content (AvgIpc) is 3.19. The van der Waals surface area contributed by atoms with Crippen molar-refractivity contribution in [3.8, 4) is 0 Å². The van der Waals surface area contributed by atoms with Gasteiger partial charge in [-0.15, -0.1) is 11.3 Å². The molecule has 1 heterocycles. The van der Waals surface area contributed by atoms with Crippen LogP contribution in [0.5, 0.6) is 0 Å². The number of amides is 2. The summed E-state index contributed by atoms with van der Waals surface area (Å²) in [4.78, 5) is 31.5. The molecular weight excluding hydrogens is 441 g/mol. The molecule has 10 heteroatoms. The predicted octanol–water partition coefficient (Wildman–Crippen LogP) is 3.80. The molecule has 0 aliphatic carbocycles. The van der Waals surface area contributed by atoms with Gasteiger partial charge in [-0.3, -0.25) is 9.59 Å². The number of nitrogens with zero attached hydrogens (tertiary/aromatic N) is 2. The summed E-state index contributed by atoms with van der Waals surface area (Å²) in [5.74, 6) is -3.18. The number of hydrogen-bond donors (Lipinski definition) is 1. The van der Waals surface area contributed by atoms with Crippen LogP contribution in [0.1, 0.15) is 39.1 Å². The van der Waals surface area contributed by atoms with Gasteiger partial charge in [-0.25, -0.2) is 22.5 Å². The van der Waals surface area contributed by atoms with Crippen molar-refractivity contribution < 1.29 is 22.4 Å². The van der Waals surface area contributed by atoms with E-state index < -0.39 is 33.6 Å². The number of nitrogens with one attached hydrogen (secondary N) is 1. The molecule has 7 nitrogen and oxygen atoms in total. The van der Waals surface area contributed by atoms with Crippen LogP contribution >= 0.6 is 11.3 Å². The molecule has 31 heavy (non-hydrogen) atoms. The summed E-state index contributed by atoms with van der Waals surface area (Å²) in [5, 5.41) is 3.01. The molecule has 1 N–H and O–H groups in total. The number of carbonyl (C=O) groups excluding carboxylic acids is 2. The maximum absolute atomic E-state index is 13.3. The molecule has 0 fully saturated rings. The number of rotatable bonds is 9. The minimum absolute atomic E-state index is 0.0458. The van der Waals surface area contributed by atoms with Gasteiger partial charge in [-0.1, -0.05) is 13.8 Å². The van der Waals surface area contributed by atoms with E-state index >= 15 is 0 Å². The number of benzene rings is 1. The van der Waals surface area contributed by atoms with Crippen LogP contribution in [0.4, 0.5) is 10.1 Å². The van der Waals surface area contributed by atoms with E-state index in [9.17, 15) is 22.4 Å². The zero-order valence-electron chi connectivity index (χ0n) is 17.8. The molecule has 0 radical (unpaired) electrons. The van der Waals surface area contributed by atoms with Gasteiger partial charge in [0.2, 0.25) is 11.8 Å². The van der Waals surface area contributed by atoms with Crippen molar-refractivity contribution in [3.05, 3.63) is 52.1 Å². The minimum atomic E-state index is -4.12. The van der Waals surface area contributed by atoms with Crippen molar-refractivity contribution in [2.45, 2.75) is 40.2 Å². The van der Waals surface area contributed by atoms with Crippen LogP contribution in [-0.2, 0) is 19.6 Å². The molecule has 0 spiro atoms. The summed E-state index contributed by atoms with van der Waals surface area (Å²) in [6, 6.07) is 5.02. The molecule has 1 atom stereocenters. The average molecular weight is 468 g/mol. The van der Waals surface area contributed by atoms with E-state index in [0.717, 1.165) is 5.41 Å². The molecule has 2 aromatic rings. The molecule has 2 rings (SSSR count). The molecule has 1 unspecified atom stereocenters. The van der Waals surface area contributed by atoms with E-state index in [1.54, 1.807) is 19.2 Å². The lowest BCUT2D eigenvalue weighted by atomic mass is 9.94. The molecule has 0 saturated heterocycles. The van der Waals surface area contributed by atoms with E-state index in [2.05, 4.69) is 4.98 Å². The Morgan fingerprint density at radius 1 is 1.19 bits per heavy atom. The number of thiazole rings is 1. The largest absolute Gasteiger partial charge is 0.309 e. The van der Waals surface area contributed by atoms with Crippen LogP contribution < -0.4 is 9.62 Å². The summed E-state index contributed by atoms with van der Waals surface area (Å²) in [6.45, 7) is 7.20. The fraction of sp³-hybridized carbons (Fsp3) is 0.381. The molecule has 0 bridgehead atoms. The number of carbonyl (C=O) groups is 2. The van der Waals surface area contributed by atoms with Gasteiger partial charge in [0.25, 0.3) is 10.0 Å². The van der Waals surface area contributed by atoms with E-state index in [4.69, 9.17) is 0 Å². The zero-order chi connectivity index (χ0) is 23.2. The molecular formula is C21H26FN3O4S2. The monoisotopic (exact) mass is 467 g/mol. The highest BCUT2D eigenvalue weighted by Gasteiger charge is 2.34. The third-order valence-electron chi connectivity index (χ3n) is 4.26. The summed E-state index contributed by atoms with van der Waals surface area (Å²) in [6.07, 6.45) is 2.96. The SMILES string of the molecule is CC(C)CC(C(=O)NS(=O)(=O)/C=C/c1nccs1)C(=O)N(c1ccc(F)cc1)C(C)C. The van der Waals surface area contributed by atoms with Crippen LogP contribution in [0.25, 0.3) is 6.08 Å². The number of hydrogen-bond acceptors (Lipinski definition) is 6. The molecule has 168 valence electrons. The lowest BCUT2D eigenvalue weighted by Gasteiger charge is -2.31. The third-order valence-corrected chi connectivity index (χ3v) is 5.99. The van der Waals surface area contributed by atoms with E-state index in [-0.39, 0.29) is 18.4 Å². The molecule has 0 aliphatic heterocycles. The van der Waals surface area contributed by atoms with Gasteiger partial charge in [0.1, 0.15) is 16.7 Å². The Balaban J connectivity index is 2.28. The van der Waals surface area contributed by atoms with Crippen molar-refractivity contribution >= 4 is 44.9 Å². The minimum Gasteiger partial charge on any atom is -0.309 e. The van der Waals surface area contributed by atoms with Crippen LogP contribution in [0.3, 0.4) is 0 Å². The Morgan fingerprint density at radius 3 is 2.35 bits per heavy atom. The Labute approximate surface area is 186 Å². The molecule has 2 amide bonds. The number of sulfonamides is 1. The van der Waals surface area contributed by atoms with Gasteiger partial charge >= 0.3 is 0 Å². The summed E-state index contributed by atoms with van der Waals surface area (Å²) >= 11 is 1.25. The first-order chi connectivity index (χ1) is 14.5. The van der Waals surface area contributed by atoms with Gasteiger partial charge in [0.05, 0.1) is 5.41 Å².